The fourth-order valence-electron chi connectivity index (χ4n) is 2.60. The summed E-state index contributed by atoms with van der Waals surface area (Å²) in [5, 5.41) is 7.72. The summed E-state index contributed by atoms with van der Waals surface area (Å²) in [5.74, 6) is 0.322. The van der Waals surface area contributed by atoms with Crippen LogP contribution in [-0.4, -0.2) is 26.5 Å². The molecule has 0 saturated carbocycles. The third-order valence-electron chi connectivity index (χ3n) is 3.92. The van der Waals surface area contributed by atoms with Crippen LogP contribution in [0.15, 0.2) is 54.0 Å². The van der Waals surface area contributed by atoms with Crippen LogP contribution in [0.1, 0.15) is 26.3 Å². The van der Waals surface area contributed by atoms with Gasteiger partial charge in [-0.15, -0.1) is 0 Å². The molecule has 0 saturated heterocycles. The second kappa shape index (κ2) is 9.20. The Morgan fingerprint density at radius 2 is 2.00 bits per heavy atom. The highest BCUT2D eigenvalue weighted by Crippen LogP contribution is 2.42. The van der Waals surface area contributed by atoms with E-state index in [9.17, 15) is 4.79 Å². The molecule has 156 valence electrons. The van der Waals surface area contributed by atoms with Gasteiger partial charge in [-0.1, -0.05) is 30.3 Å². The van der Waals surface area contributed by atoms with Crippen molar-refractivity contribution in [3.8, 4) is 17.0 Å². The van der Waals surface area contributed by atoms with Crippen molar-refractivity contribution in [2.45, 2.75) is 33.0 Å². The van der Waals surface area contributed by atoms with Gasteiger partial charge in [-0.3, -0.25) is 0 Å². The molecule has 2 N–H and O–H groups in total. The van der Waals surface area contributed by atoms with E-state index in [0.29, 0.717) is 35.0 Å². The fraction of sp³-hybridized carbons (Fsp3) is 0.250. The SMILES string of the molecule is CC(C)(C)OC(=O)n1cc(-c2cnc(OCc3ccccc3)c(NI)c2N=N)cn1. The number of rotatable bonds is 6. The summed E-state index contributed by atoms with van der Waals surface area (Å²) in [5.41, 5.74) is 9.91. The Morgan fingerprint density at radius 3 is 2.63 bits per heavy atom. The molecule has 0 bridgehead atoms. The number of ether oxygens (including phenoxy) is 2. The number of nitrogens with zero attached hydrogens (tertiary/aromatic N) is 4. The van der Waals surface area contributed by atoms with Gasteiger partial charge in [0.25, 0.3) is 0 Å². The zero-order valence-corrected chi connectivity index (χ0v) is 18.9. The minimum absolute atomic E-state index is 0.322. The van der Waals surface area contributed by atoms with Crippen LogP contribution in [0.2, 0.25) is 0 Å². The minimum atomic E-state index is -0.636. The van der Waals surface area contributed by atoms with Crippen LogP contribution in [0.5, 0.6) is 5.88 Å². The van der Waals surface area contributed by atoms with Gasteiger partial charge in [0.15, 0.2) is 0 Å². The van der Waals surface area contributed by atoms with Crippen molar-refractivity contribution in [3.05, 3.63) is 54.5 Å². The first kappa shape index (κ1) is 21.7. The molecular weight excluding hydrogens is 499 g/mol. The van der Waals surface area contributed by atoms with Gasteiger partial charge < -0.3 is 13.0 Å². The van der Waals surface area contributed by atoms with Crippen LogP contribution < -0.4 is 8.27 Å². The average Bonchev–Trinajstić information content (AvgIpc) is 3.21. The van der Waals surface area contributed by atoms with Crippen LogP contribution in [0, 0.1) is 5.53 Å². The van der Waals surface area contributed by atoms with E-state index in [-0.39, 0.29) is 0 Å². The molecule has 10 heteroatoms. The number of halogens is 1. The van der Waals surface area contributed by atoms with Gasteiger partial charge in [-0.05, 0) is 26.3 Å². The maximum atomic E-state index is 12.2. The van der Waals surface area contributed by atoms with Crippen LogP contribution >= 0.6 is 22.9 Å². The first-order valence-corrected chi connectivity index (χ1v) is 10.1. The van der Waals surface area contributed by atoms with E-state index in [2.05, 4.69) is 18.7 Å². The number of nitrogens with one attached hydrogen (secondary N) is 2. The maximum absolute atomic E-state index is 12.2. The van der Waals surface area contributed by atoms with E-state index in [1.54, 1.807) is 27.0 Å². The Hall–Kier alpha value is -3.02. The summed E-state index contributed by atoms with van der Waals surface area (Å²) in [7, 11) is 0. The van der Waals surface area contributed by atoms with Crippen LogP contribution in [0.25, 0.3) is 11.1 Å². The molecule has 0 aliphatic heterocycles. The quantitative estimate of drug-likeness (QED) is 0.244. The number of benzene rings is 1. The third kappa shape index (κ3) is 5.12. The van der Waals surface area contributed by atoms with Gasteiger partial charge in [0.2, 0.25) is 5.88 Å². The van der Waals surface area contributed by atoms with E-state index in [1.165, 1.54) is 12.4 Å². The normalized spacial score (nSPS) is 11.1. The molecule has 2 aromatic heterocycles. The van der Waals surface area contributed by atoms with Gasteiger partial charge in [-0.2, -0.15) is 14.9 Å². The second-order valence-corrected chi connectivity index (χ2v) is 7.87. The molecular formula is C20H21IN6O3. The maximum Gasteiger partial charge on any atom is 0.435 e. The van der Waals surface area contributed by atoms with Crippen LogP contribution in [0.3, 0.4) is 0 Å². The topological polar surface area (TPSA) is 114 Å². The Labute approximate surface area is 187 Å². The van der Waals surface area contributed by atoms with Crippen molar-refractivity contribution in [2.24, 2.45) is 5.11 Å². The average molecular weight is 520 g/mol. The lowest BCUT2D eigenvalue weighted by Crippen LogP contribution is -2.27. The monoisotopic (exact) mass is 520 g/mol. The minimum Gasteiger partial charge on any atom is -0.471 e. The predicted octanol–water partition coefficient (Wildman–Crippen LogP) is 5.73. The molecule has 0 aliphatic rings. The number of aromatic nitrogens is 3. The third-order valence-corrected chi connectivity index (χ3v) is 4.45. The highest BCUT2D eigenvalue weighted by Gasteiger charge is 2.21. The molecule has 0 fully saturated rings. The smallest absolute Gasteiger partial charge is 0.435 e. The molecule has 1 aromatic carbocycles. The molecule has 0 aliphatic carbocycles. The molecule has 3 rings (SSSR count). The van der Waals surface area contributed by atoms with Gasteiger partial charge in [0.1, 0.15) is 23.6 Å². The summed E-state index contributed by atoms with van der Waals surface area (Å²) in [6, 6.07) is 9.70. The van der Waals surface area contributed by atoms with Crippen molar-refractivity contribution in [1.82, 2.24) is 14.8 Å². The Morgan fingerprint density at radius 1 is 1.27 bits per heavy atom. The number of anilines is 1. The number of carbonyl (C=O) groups excluding carboxylic acids is 1. The first-order chi connectivity index (χ1) is 14.3. The molecule has 0 unspecified atom stereocenters. The Bertz CT molecular complexity index is 1050. The van der Waals surface area contributed by atoms with Crippen molar-refractivity contribution >= 4 is 40.3 Å². The Balaban J connectivity index is 1.89. The predicted molar refractivity (Wildman–Crippen MR) is 120 cm³/mol. The largest absolute Gasteiger partial charge is 0.471 e. The highest BCUT2D eigenvalue weighted by atomic mass is 127. The van der Waals surface area contributed by atoms with E-state index in [1.807, 2.05) is 53.2 Å². The molecule has 2 heterocycles. The Kier molecular flexibility index (Phi) is 6.65. The van der Waals surface area contributed by atoms with E-state index in [0.717, 1.165) is 10.2 Å². The lowest BCUT2D eigenvalue weighted by molar-refractivity contribution is 0.0514. The van der Waals surface area contributed by atoms with Crippen molar-refractivity contribution in [2.75, 3.05) is 3.53 Å². The standard InChI is InChI=1S/C20H21IN6O3/c1-20(2,3)30-19(28)27-11-14(9-24-27)15-10-23-18(17(25-21)16(15)26-22)29-12-13-7-5-4-6-8-13/h4-11,22,25H,12H2,1-3H3. The lowest BCUT2D eigenvalue weighted by atomic mass is 10.1. The number of hydrogen-bond donors (Lipinski definition) is 2. The van der Waals surface area contributed by atoms with E-state index < -0.39 is 11.7 Å². The van der Waals surface area contributed by atoms with Gasteiger partial charge in [0, 0.05) is 23.5 Å². The summed E-state index contributed by atoms with van der Waals surface area (Å²) < 4.78 is 15.2. The number of hydrogen-bond acceptors (Lipinski definition) is 8. The highest BCUT2D eigenvalue weighted by molar-refractivity contribution is 14.1. The van der Waals surface area contributed by atoms with Crippen molar-refractivity contribution < 1.29 is 14.3 Å². The van der Waals surface area contributed by atoms with Gasteiger partial charge in [0.05, 0.1) is 29.1 Å². The first-order valence-electron chi connectivity index (χ1n) is 9.04. The molecule has 0 atom stereocenters. The molecule has 9 nitrogen and oxygen atoms in total. The van der Waals surface area contributed by atoms with Crippen LogP contribution in [-0.2, 0) is 11.3 Å². The molecule has 0 radical (unpaired) electrons. The summed E-state index contributed by atoms with van der Waals surface area (Å²) in [6.45, 7) is 5.67. The number of pyridine rings is 1. The zero-order valence-electron chi connectivity index (χ0n) is 16.7. The zero-order chi connectivity index (χ0) is 21.7. The summed E-state index contributed by atoms with van der Waals surface area (Å²) >= 11 is 1.94. The number of carbonyl (C=O) groups is 1. The van der Waals surface area contributed by atoms with Crippen LogP contribution in [0.4, 0.5) is 16.2 Å². The molecule has 3 aromatic rings. The molecule has 0 amide bonds. The molecule has 0 spiro atoms. The van der Waals surface area contributed by atoms with Gasteiger partial charge >= 0.3 is 6.09 Å². The van der Waals surface area contributed by atoms with E-state index >= 15 is 0 Å². The molecule has 30 heavy (non-hydrogen) atoms. The lowest BCUT2D eigenvalue weighted by Gasteiger charge is -2.18. The van der Waals surface area contributed by atoms with Crippen molar-refractivity contribution in [3.63, 3.8) is 0 Å². The second-order valence-electron chi connectivity index (χ2n) is 7.34. The van der Waals surface area contributed by atoms with E-state index in [4.69, 9.17) is 15.0 Å². The van der Waals surface area contributed by atoms with Gasteiger partial charge in [-0.25, -0.2) is 15.3 Å². The summed E-state index contributed by atoms with van der Waals surface area (Å²) in [6.07, 6.45) is 3.96. The van der Waals surface area contributed by atoms with Crippen molar-refractivity contribution in [1.29, 1.82) is 5.53 Å². The fourth-order valence-corrected chi connectivity index (χ4v) is 3.09. The summed E-state index contributed by atoms with van der Waals surface area (Å²) in [4.78, 5) is 16.6.